The zero-order valence-corrected chi connectivity index (χ0v) is 44.0. The molecule has 0 spiro atoms. The molecular weight excluding hydrogens is 967 g/mol. The summed E-state index contributed by atoms with van der Waals surface area (Å²) in [4.78, 5) is 39.2. The summed E-state index contributed by atoms with van der Waals surface area (Å²) in [5.41, 5.74) is 8.76. The van der Waals surface area contributed by atoms with Gasteiger partial charge in [0.1, 0.15) is 13.2 Å². The van der Waals surface area contributed by atoms with Gasteiger partial charge in [-0.05, 0) is 97.7 Å². The van der Waals surface area contributed by atoms with Crippen LogP contribution in [0.1, 0.15) is 71.1 Å². The molecule has 4 aliphatic heterocycles. The molecule has 15 nitrogen and oxygen atoms in total. The highest BCUT2D eigenvalue weighted by Crippen LogP contribution is 2.46. The van der Waals surface area contributed by atoms with E-state index < -0.39 is 6.23 Å². The van der Waals surface area contributed by atoms with Gasteiger partial charge in [0.05, 0.1) is 70.6 Å². The van der Waals surface area contributed by atoms with Crippen LogP contribution in [0, 0.1) is 0 Å². The van der Waals surface area contributed by atoms with Gasteiger partial charge in [-0.2, -0.15) is 0 Å². The number of rotatable bonds is 23. The first-order valence-electron chi connectivity index (χ1n) is 24.7. The Balaban J connectivity index is 1.01. The van der Waals surface area contributed by atoms with Crippen LogP contribution in [0.15, 0.2) is 96.0 Å². The third-order valence-corrected chi connectivity index (χ3v) is 16.3. The zero-order chi connectivity index (χ0) is 51.1. The fourth-order valence-corrected chi connectivity index (χ4v) is 12.2. The average molecular weight is 1030 g/mol. The van der Waals surface area contributed by atoms with E-state index in [1.807, 2.05) is 79.2 Å². The van der Waals surface area contributed by atoms with Crippen molar-refractivity contribution in [3.63, 3.8) is 0 Å². The van der Waals surface area contributed by atoms with Crippen molar-refractivity contribution in [2.45, 2.75) is 75.8 Å². The first kappa shape index (κ1) is 51.9. The molecule has 9 rings (SSSR count). The summed E-state index contributed by atoms with van der Waals surface area (Å²) in [6.45, 7) is 7.41. The first-order chi connectivity index (χ1) is 35.5. The van der Waals surface area contributed by atoms with E-state index in [2.05, 4.69) is 36.2 Å². The number of aliphatic imine (C=N–C) groups is 1. The minimum absolute atomic E-state index is 0.0436. The molecule has 4 aliphatic rings. The molecule has 2 amide bonds. The van der Waals surface area contributed by atoms with E-state index in [1.165, 1.54) is 5.56 Å². The summed E-state index contributed by atoms with van der Waals surface area (Å²) in [7, 11) is 8.21. The number of ether oxygens (including phenoxy) is 7. The number of benzene rings is 5. The van der Waals surface area contributed by atoms with Crippen molar-refractivity contribution in [3.8, 4) is 23.0 Å². The highest BCUT2D eigenvalue weighted by atomic mass is 33.1. The summed E-state index contributed by atoms with van der Waals surface area (Å²) < 4.78 is 41.6. The SMILES string of the molecule is COCCOCCOCCN(C(=O)CCC(C)(C)SSC)c1cc(COc2cc3c(cc2OC)C(=O)N2c4ccccc4C[C@H]2C=N3)cc(COc2cc3c(cc2OC)C(O)N2c4ccccc4CC2CN3)c1. The number of carbonyl (C=O) groups excluding carboxylic acids is 2. The molecule has 0 radical (unpaired) electrons. The van der Waals surface area contributed by atoms with E-state index >= 15 is 0 Å². The number of methoxy groups -OCH3 is 3. The van der Waals surface area contributed by atoms with Crippen molar-refractivity contribution >= 4 is 68.1 Å². The predicted molar refractivity (Wildman–Crippen MR) is 290 cm³/mol. The third kappa shape index (κ3) is 11.7. The molecule has 0 aromatic heterocycles. The number of fused-ring (bicyclic) bond motifs is 8. The van der Waals surface area contributed by atoms with Crippen molar-refractivity contribution in [1.82, 2.24) is 0 Å². The number of hydrogen-bond acceptors (Lipinski definition) is 15. The number of aliphatic hydroxyl groups excluding tert-OH is 1. The standard InChI is InChI=1S/C56H65N5O10S2/c1-56(2,73-72-6)16-15-53(62)59(17-18-68-21-22-69-20-19-65-3)40-24-36(34-70-51-30-45-43(28-49(51)66-4)54(63)60-41(32-57-45)26-38-11-7-9-13-47(38)60)23-37(25-40)35-71-52-31-46-44(29-50(52)67-5)55(64)61-42(33-58-46)27-39-12-8-10-14-48(39)61/h7-14,23-25,28-32,41-42,55,58,64H,15-22,26-27,33-35H2,1-6H3/t41-,42?,55?/m0/s1. The second-order valence-electron chi connectivity index (χ2n) is 19.0. The maximum atomic E-state index is 14.5. The zero-order valence-electron chi connectivity index (χ0n) is 42.4. The van der Waals surface area contributed by atoms with Crippen molar-refractivity contribution < 1.29 is 47.9 Å². The minimum atomic E-state index is -0.901. The quantitative estimate of drug-likeness (QED) is 0.0472. The summed E-state index contributed by atoms with van der Waals surface area (Å²) in [6, 6.07) is 29.1. The van der Waals surface area contributed by atoms with Crippen LogP contribution in [-0.2, 0) is 45.1 Å². The van der Waals surface area contributed by atoms with Gasteiger partial charge in [0.2, 0.25) is 5.91 Å². The Kier molecular flexibility index (Phi) is 16.7. The molecule has 0 saturated carbocycles. The van der Waals surface area contributed by atoms with Gasteiger partial charge < -0.3 is 53.4 Å². The highest BCUT2D eigenvalue weighted by molar-refractivity contribution is 8.76. The van der Waals surface area contributed by atoms with E-state index in [0.717, 1.165) is 40.2 Å². The topological polar surface area (TPSA) is 153 Å². The van der Waals surface area contributed by atoms with Crippen LogP contribution in [0.3, 0.4) is 0 Å². The summed E-state index contributed by atoms with van der Waals surface area (Å²) >= 11 is 0. The molecule has 5 aromatic carbocycles. The van der Waals surface area contributed by atoms with Gasteiger partial charge >= 0.3 is 0 Å². The van der Waals surface area contributed by atoms with E-state index in [9.17, 15) is 14.7 Å². The van der Waals surface area contributed by atoms with Gasteiger partial charge in [-0.1, -0.05) is 58.0 Å². The molecule has 5 aromatic rings. The lowest BCUT2D eigenvalue weighted by Gasteiger charge is -2.30. The second kappa shape index (κ2) is 23.5. The number of aliphatic hydroxyl groups is 1. The van der Waals surface area contributed by atoms with Crippen molar-refractivity contribution in [3.05, 3.63) is 124 Å². The molecule has 386 valence electrons. The molecular formula is C56H65N5O10S2. The monoisotopic (exact) mass is 1030 g/mol. The predicted octanol–water partition coefficient (Wildman–Crippen LogP) is 9.58. The number of nitrogens with one attached hydrogen (secondary N) is 1. The lowest BCUT2D eigenvalue weighted by Crippen LogP contribution is -2.37. The maximum Gasteiger partial charge on any atom is 0.261 e. The Morgan fingerprint density at radius 2 is 1.47 bits per heavy atom. The Morgan fingerprint density at radius 1 is 0.808 bits per heavy atom. The van der Waals surface area contributed by atoms with Crippen molar-refractivity contribution in [2.24, 2.45) is 4.99 Å². The third-order valence-electron chi connectivity index (χ3n) is 13.6. The van der Waals surface area contributed by atoms with Gasteiger partial charge in [0.25, 0.3) is 5.91 Å². The Bertz CT molecular complexity index is 2810. The fourth-order valence-electron chi connectivity index (χ4n) is 9.98. The van der Waals surface area contributed by atoms with Crippen LogP contribution in [0.4, 0.5) is 28.4 Å². The first-order valence-corrected chi connectivity index (χ1v) is 27.3. The molecule has 0 fully saturated rings. The molecule has 73 heavy (non-hydrogen) atoms. The number of amides is 2. The van der Waals surface area contributed by atoms with E-state index in [0.29, 0.717) is 104 Å². The normalized spacial score (nSPS) is 17.3. The number of hydrogen-bond donors (Lipinski definition) is 2. The van der Waals surface area contributed by atoms with E-state index in [-0.39, 0.29) is 48.5 Å². The van der Waals surface area contributed by atoms with Gasteiger partial charge in [-0.25, -0.2) is 0 Å². The lowest BCUT2D eigenvalue weighted by atomic mass is 10.1. The maximum absolute atomic E-state index is 14.5. The van der Waals surface area contributed by atoms with Gasteiger partial charge in [0, 0.05) is 84.4 Å². The summed E-state index contributed by atoms with van der Waals surface area (Å²) in [5.74, 6) is 1.56. The largest absolute Gasteiger partial charge is 0.493 e. The molecule has 2 N–H and O–H groups in total. The Labute approximate surface area is 435 Å². The number of para-hydroxylation sites is 2. The van der Waals surface area contributed by atoms with Crippen LogP contribution >= 0.6 is 21.6 Å². The molecule has 0 aliphatic carbocycles. The second-order valence-corrected chi connectivity index (χ2v) is 22.1. The van der Waals surface area contributed by atoms with Gasteiger partial charge in [0.15, 0.2) is 29.2 Å². The molecule has 2 unspecified atom stereocenters. The van der Waals surface area contributed by atoms with Crippen LogP contribution in [0.25, 0.3) is 0 Å². The Hall–Kier alpha value is -5.95. The fraction of sp³-hybridized carbons (Fsp3) is 0.411. The molecule has 0 bridgehead atoms. The van der Waals surface area contributed by atoms with Crippen molar-refractivity contribution in [2.75, 3.05) is 93.7 Å². The lowest BCUT2D eigenvalue weighted by molar-refractivity contribution is -0.119. The number of anilines is 4. The van der Waals surface area contributed by atoms with Crippen LogP contribution < -0.4 is 39.0 Å². The highest BCUT2D eigenvalue weighted by Gasteiger charge is 2.39. The minimum Gasteiger partial charge on any atom is -0.493 e. The number of carbonyl (C=O) groups is 2. The van der Waals surface area contributed by atoms with E-state index in [4.69, 9.17) is 38.2 Å². The van der Waals surface area contributed by atoms with E-state index in [1.54, 1.807) is 64.8 Å². The molecule has 17 heteroatoms. The average Bonchev–Trinajstić information content (AvgIpc) is 3.89. The summed E-state index contributed by atoms with van der Waals surface area (Å²) in [6.07, 6.45) is 5.47. The Morgan fingerprint density at radius 3 is 2.18 bits per heavy atom. The smallest absolute Gasteiger partial charge is 0.261 e. The molecule has 0 saturated heterocycles. The van der Waals surface area contributed by atoms with Crippen molar-refractivity contribution in [1.29, 1.82) is 0 Å². The summed E-state index contributed by atoms with van der Waals surface area (Å²) in [5, 5.41) is 15.5. The van der Waals surface area contributed by atoms with Gasteiger partial charge in [-0.3, -0.25) is 19.5 Å². The van der Waals surface area contributed by atoms with Crippen LogP contribution in [0.5, 0.6) is 23.0 Å². The van der Waals surface area contributed by atoms with Crippen LogP contribution in [-0.4, -0.2) is 114 Å². The van der Waals surface area contributed by atoms with Crippen LogP contribution in [0.2, 0.25) is 0 Å². The molecule has 4 heterocycles. The number of nitrogens with zero attached hydrogens (tertiary/aromatic N) is 4. The van der Waals surface area contributed by atoms with Gasteiger partial charge in [-0.15, -0.1) is 0 Å². The molecule has 3 atom stereocenters.